The Balaban J connectivity index is 1.87. The number of Topliss-reactive ketones (excluding diaryl/α,β-unsaturated/α-hetero) is 2. The molecule has 0 aromatic rings. The van der Waals surface area contributed by atoms with E-state index in [0.29, 0.717) is 45.1 Å². The maximum Gasteiger partial charge on any atom is 0.329 e. The molecule has 14 atom stereocenters. The van der Waals surface area contributed by atoms with E-state index in [1.54, 1.807) is 34.3 Å². The molecule has 3 heterocycles. The van der Waals surface area contributed by atoms with Crippen LogP contribution in [-0.2, 0) is 52.0 Å². The van der Waals surface area contributed by atoms with Crippen molar-refractivity contribution in [1.29, 1.82) is 0 Å². The molecule has 14 unspecified atom stereocenters. The van der Waals surface area contributed by atoms with Gasteiger partial charge in [0.15, 0.2) is 8.32 Å². The molecule has 14 heteroatoms. The Labute approximate surface area is 398 Å². The summed E-state index contributed by atoms with van der Waals surface area (Å²) >= 11 is 0. The van der Waals surface area contributed by atoms with E-state index in [-0.39, 0.29) is 66.6 Å². The number of allylic oxidation sites excluding steroid dienone is 3. The fraction of sp³-hybridized carbons (Fsp3) is 0.808. The highest BCUT2D eigenvalue weighted by Gasteiger charge is 2.57. The molecular weight excluding hydrogens is 859 g/mol. The summed E-state index contributed by atoms with van der Waals surface area (Å²) in [5.74, 6) is -6.75. The van der Waals surface area contributed by atoms with Gasteiger partial charge in [-0.2, -0.15) is 0 Å². The second-order valence-electron chi connectivity index (χ2n) is 21.6. The molecule has 1 saturated carbocycles. The Morgan fingerprint density at radius 3 is 2.18 bits per heavy atom. The molecule has 66 heavy (non-hydrogen) atoms. The molecule has 376 valence electrons. The lowest BCUT2D eigenvalue weighted by molar-refractivity contribution is -0.302. The summed E-state index contributed by atoms with van der Waals surface area (Å²) in [5, 5.41) is 12.0. The summed E-state index contributed by atoms with van der Waals surface area (Å²) in [7, 11) is 2.29. The van der Waals surface area contributed by atoms with Crippen molar-refractivity contribution in [3.63, 3.8) is 0 Å². The summed E-state index contributed by atoms with van der Waals surface area (Å²) in [6.45, 7) is 27.0. The average molecular weight is 946 g/mol. The van der Waals surface area contributed by atoms with Crippen LogP contribution in [0.1, 0.15) is 133 Å². The van der Waals surface area contributed by atoms with Crippen molar-refractivity contribution in [3.8, 4) is 0 Å². The number of esters is 1. The van der Waals surface area contributed by atoms with E-state index in [2.05, 4.69) is 59.5 Å². The molecule has 3 aliphatic heterocycles. The first-order valence-corrected chi connectivity index (χ1v) is 27.7. The number of hydrogen-bond acceptors (Lipinski definition) is 12. The maximum atomic E-state index is 14.9. The van der Waals surface area contributed by atoms with Crippen LogP contribution in [0.15, 0.2) is 36.0 Å². The van der Waals surface area contributed by atoms with Crippen molar-refractivity contribution in [3.05, 3.63) is 36.0 Å². The van der Waals surface area contributed by atoms with Crippen LogP contribution in [0.2, 0.25) is 18.1 Å². The van der Waals surface area contributed by atoms with Gasteiger partial charge in [0.1, 0.15) is 24.0 Å². The molecule has 1 amide bonds. The third kappa shape index (κ3) is 13.6. The van der Waals surface area contributed by atoms with Crippen molar-refractivity contribution in [2.75, 3.05) is 34.5 Å². The zero-order valence-electron chi connectivity index (χ0n) is 43.0. The van der Waals surface area contributed by atoms with Gasteiger partial charge in [-0.15, -0.1) is 6.58 Å². The van der Waals surface area contributed by atoms with Crippen molar-refractivity contribution < 1.29 is 57.1 Å². The quantitative estimate of drug-likeness (QED) is 0.0912. The number of hydrogen-bond donors (Lipinski definition) is 1. The van der Waals surface area contributed by atoms with E-state index < -0.39 is 80.2 Å². The Morgan fingerprint density at radius 1 is 0.924 bits per heavy atom. The van der Waals surface area contributed by atoms with Gasteiger partial charge in [-0.05, 0) is 114 Å². The summed E-state index contributed by atoms with van der Waals surface area (Å²) in [5.41, 5.74) is 1.86. The zero-order chi connectivity index (χ0) is 49.3. The summed E-state index contributed by atoms with van der Waals surface area (Å²) in [4.78, 5) is 59.9. The number of carbonyl (C=O) groups excluding carboxylic acids is 4. The zero-order valence-corrected chi connectivity index (χ0v) is 44.0. The van der Waals surface area contributed by atoms with Gasteiger partial charge >= 0.3 is 5.97 Å². The van der Waals surface area contributed by atoms with Crippen molar-refractivity contribution in [1.82, 2.24) is 4.90 Å². The highest BCUT2D eigenvalue weighted by atomic mass is 28.4. The monoisotopic (exact) mass is 946 g/mol. The van der Waals surface area contributed by atoms with Gasteiger partial charge in [-0.1, -0.05) is 72.3 Å². The van der Waals surface area contributed by atoms with Crippen LogP contribution in [0.4, 0.5) is 0 Å². The minimum atomic E-state index is -2.52. The molecule has 2 saturated heterocycles. The summed E-state index contributed by atoms with van der Waals surface area (Å²) in [6.07, 6.45) is 8.17. The number of aliphatic hydroxyl groups is 1. The topological polar surface area (TPSA) is 156 Å². The van der Waals surface area contributed by atoms with Gasteiger partial charge < -0.3 is 42.9 Å². The maximum absolute atomic E-state index is 14.9. The Morgan fingerprint density at radius 2 is 1.58 bits per heavy atom. The first-order chi connectivity index (χ1) is 31.0. The van der Waals surface area contributed by atoms with Gasteiger partial charge in [0.25, 0.3) is 11.7 Å². The number of carbonyl (C=O) groups is 4. The minimum Gasteiger partial charge on any atom is -0.456 e. The number of rotatable bonds is 11. The summed E-state index contributed by atoms with van der Waals surface area (Å²) in [6, 6.07) is -1.10. The van der Waals surface area contributed by atoms with E-state index in [9.17, 15) is 24.3 Å². The fourth-order valence-electron chi connectivity index (χ4n) is 10.4. The predicted octanol–water partition coefficient (Wildman–Crippen LogP) is 8.71. The third-order valence-corrected chi connectivity index (χ3v) is 20.0. The molecule has 1 aliphatic carbocycles. The third-order valence-electron chi connectivity index (χ3n) is 15.5. The second-order valence-corrected chi connectivity index (χ2v) is 26.4. The van der Waals surface area contributed by atoms with Crippen LogP contribution < -0.4 is 0 Å². The van der Waals surface area contributed by atoms with Crippen LogP contribution in [0.5, 0.6) is 0 Å². The van der Waals surface area contributed by atoms with Gasteiger partial charge in [0.2, 0.25) is 5.79 Å². The number of nitrogens with zero attached hydrogens (tertiary/aromatic N) is 1. The molecule has 3 fully saturated rings. The number of piperidine rings is 1. The van der Waals surface area contributed by atoms with Gasteiger partial charge in [0, 0.05) is 52.0 Å². The lowest BCUT2D eigenvalue weighted by atomic mass is 9.81. The van der Waals surface area contributed by atoms with Crippen LogP contribution in [-0.4, -0.2) is 131 Å². The van der Waals surface area contributed by atoms with Crippen LogP contribution in [0, 0.1) is 29.6 Å². The SMILES string of the molecule is C=CCOC1CCC(C=C(C)C2OC(=O)C3CCCCN3C(=O)C(=O)C3(O)OC(C(OC)CC(C)C/C(C)=C/C(CC)C(=O)CC(O[Si](C)(C)C(C)(C)C)C2C)C(OC)CC3C)CC1OC. The average Bonchev–Trinajstić information content (AvgIpc) is 3.27. The molecule has 0 radical (unpaired) electrons. The first-order valence-electron chi connectivity index (χ1n) is 24.8. The highest BCUT2D eigenvalue weighted by molar-refractivity contribution is 6.74. The molecule has 0 aromatic heterocycles. The highest BCUT2D eigenvalue weighted by Crippen LogP contribution is 2.42. The van der Waals surface area contributed by atoms with Crippen LogP contribution in [0.3, 0.4) is 0 Å². The number of cyclic esters (lactones) is 1. The lowest BCUT2D eigenvalue weighted by Gasteiger charge is -2.47. The fourth-order valence-corrected chi connectivity index (χ4v) is 11.9. The molecule has 1 N–H and O–H groups in total. The molecular formula is C52H87NO12Si. The van der Waals surface area contributed by atoms with E-state index in [1.165, 1.54) is 4.90 Å². The number of methoxy groups -OCH3 is 3. The minimum absolute atomic E-state index is 0.0511. The van der Waals surface area contributed by atoms with Gasteiger partial charge in [-0.3, -0.25) is 14.4 Å². The van der Waals surface area contributed by atoms with E-state index in [1.807, 2.05) is 27.7 Å². The van der Waals surface area contributed by atoms with Crippen LogP contribution in [0.25, 0.3) is 0 Å². The lowest BCUT2D eigenvalue weighted by Crippen LogP contribution is -2.64. The van der Waals surface area contributed by atoms with E-state index in [4.69, 9.17) is 32.8 Å². The molecule has 4 rings (SSSR count). The first kappa shape index (κ1) is 56.0. The van der Waals surface area contributed by atoms with Crippen molar-refractivity contribution in [2.24, 2.45) is 29.6 Å². The van der Waals surface area contributed by atoms with Gasteiger partial charge in [-0.25, -0.2) is 4.79 Å². The van der Waals surface area contributed by atoms with Crippen molar-refractivity contribution >= 4 is 31.8 Å². The van der Waals surface area contributed by atoms with E-state index >= 15 is 0 Å². The molecule has 2 bridgehead atoms. The number of amides is 1. The predicted molar refractivity (Wildman–Crippen MR) is 258 cm³/mol. The number of ketones is 2. The Bertz CT molecular complexity index is 1720. The summed E-state index contributed by atoms with van der Waals surface area (Å²) < 4.78 is 44.1. The van der Waals surface area contributed by atoms with Crippen molar-refractivity contribution in [2.45, 2.75) is 206 Å². The number of ether oxygens (including phenoxy) is 6. The number of fused-ring (bicyclic) bond motifs is 3. The molecule has 0 aromatic carbocycles. The van der Waals surface area contributed by atoms with Crippen LogP contribution >= 0.6 is 0 Å². The standard InChI is InChI=1S/C52H87NO12Si/c1-16-24-62-41-22-21-37(30-43(41)59-11)28-34(5)46-36(7)42(65-66(14,15)51(8,9)10)31-40(54)38(17-2)26-32(3)25-33(4)27-44(60-12)47-45(61-13)29-35(6)52(58,64-47)48(55)49(56)53-23-19-18-20-39(53)50(57)63-46/h16,26,28,33,35-39,41-47,58H,1,17-25,27,29-31H2,2-15H3/b32-26+,34-28?. The molecule has 4 aliphatic rings. The second kappa shape index (κ2) is 24.3. The Kier molecular flexibility index (Phi) is 20.6. The largest absolute Gasteiger partial charge is 0.456 e. The smallest absolute Gasteiger partial charge is 0.329 e. The molecule has 0 spiro atoms. The van der Waals surface area contributed by atoms with E-state index in [0.717, 1.165) is 24.0 Å². The molecule has 13 nitrogen and oxygen atoms in total. The van der Waals surface area contributed by atoms with Gasteiger partial charge in [0.05, 0.1) is 37.1 Å². The Hall–Kier alpha value is -2.56. The normalized spacial score (nSPS) is 37.6.